The van der Waals surface area contributed by atoms with Crippen molar-refractivity contribution in [3.63, 3.8) is 0 Å². The summed E-state index contributed by atoms with van der Waals surface area (Å²) in [6.07, 6.45) is 5.40. The first-order valence-corrected chi connectivity index (χ1v) is 8.56. The lowest BCUT2D eigenvalue weighted by Crippen LogP contribution is -2.52. The Morgan fingerprint density at radius 1 is 1.45 bits per heavy atom. The van der Waals surface area contributed by atoms with Crippen LogP contribution in [0.4, 0.5) is 4.79 Å². The third-order valence-electron chi connectivity index (χ3n) is 3.64. The number of hydrogen-bond donors (Lipinski definition) is 2. The van der Waals surface area contributed by atoms with Gasteiger partial charge in [-0.3, -0.25) is 4.79 Å². The number of nitrogens with one attached hydrogen (secondary N) is 1. The van der Waals surface area contributed by atoms with Gasteiger partial charge in [0.05, 0.1) is 5.25 Å². The van der Waals surface area contributed by atoms with Crippen LogP contribution in [0.5, 0.6) is 0 Å². The summed E-state index contributed by atoms with van der Waals surface area (Å²) < 4.78 is 0. The summed E-state index contributed by atoms with van der Waals surface area (Å²) in [6, 6.07) is -0.425. The van der Waals surface area contributed by atoms with Crippen LogP contribution < -0.4 is 11.1 Å². The first kappa shape index (κ1) is 17.1. The lowest BCUT2D eigenvalue weighted by Gasteiger charge is -2.37. The van der Waals surface area contributed by atoms with E-state index in [1.54, 1.807) is 11.8 Å². The molecule has 0 radical (unpaired) electrons. The summed E-state index contributed by atoms with van der Waals surface area (Å²) in [5.41, 5.74) is 5.11. The molecular formula is C14H27N3O2S. The molecule has 1 heterocycles. The van der Waals surface area contributed by atoms with Gasteiger partial charge in [-0.2, -0.15) is 0 Å². The molecule has 0 saturated carbocycles. The minimum absolute atomic E-state index is 0.00396. The number of carbonyl (C=O) groups is 2. The molecule has 0 aromatic heterocycles. The van der Waals surface area contributed by atoms with Gasteiger partial charge in [-0.05, 0) is 38.4 Å². The van der Waals surface area contributed by atoms with E-state index in [0.717, 1.165) is 44.4 Å². The fraction of sp³-hybridized carbons (Fsp3) is 0.857. The van der Waals surface area contributed by atoms with Crippen LogP contribution in [0.3, 0.4) is 0 Å². The van der Waals surface area contributed by atoms with Crippen molar-refractivity contribution in [2.45, 2.75) is 57.2 Å². The van der Waals surface area contributed by atoms with Gasteiger partial charge in [0.15, 0.2) is 0 Å². The molecular weight excluding hydrogens is 274 g/mol. The van der Waals surface area contributed by atoms with Gasteiger partial charge in [0, 0.05) is 19.1 Å². The smallest absolute Gasteiger partial charge is 0.312 e. The summed E-state index contributed by atoms with van der Waals surface area (Å²) >= 11 is 1.73. The molecule has 6 heteroatoms. The van der Waals surface area contributed by atoms with Crippen LogP contribution in [0.15, 0.2) is 0 Å². The molecule has 0 aromatic carbocycles. The van der Waals surface area contributed by atoms with Crippen LogP contribution in [0.25, 0.3) is 0 Å². The van der Waals surface area contributed by atoms with Crippen molar-refractivity contribution in [3.05, 3.63) is 0 Å². The number of nitrogens with two attached hydrogens (primary N) is 1. The lowest BCUT2D eigenvalue weighted by molar-refractivity contribution is -0.133. The summed E-state index contributed by atoms with van der Waals surface area (Å²) in [4.78, 5) is 25.3. The van der Waals surface area contributed by atoms with Crippen molar-refractivity contribution in [3.8, 4) is 0 Å². The number of amides is 3. The Balaban J connectivity index is 2.50. The zero-order valence-corrected chi connectivity index (χ0v) is 13.4. The van der Waals surface area contributed by atoms with Gasteiger partial charge in [-0.1, -0.05) is 13.3 Å². The second-order valence-corrected chi connectivity index (χ2v) is 6.74. The summed E-state index contributed by atoms with van der Waals surface area (Å²) in [5.74, 6) is 1.23. The van der Waals surface area contributed by atoms with Gasteiger partial charge < -0.3 is 16.0 Å². The number of piperidine rings is 1. The minimum atomic E-state index is -0.520. The molecule has 20 heavy (non-hydrogen) atoms. The molecule has 1 aliphatic heterocycles. The molecule has 5 nitrogen and oxygen atoms in total. The molecule has 2 atom stereocenters. The van der Waals surface area contributed by atoms with Crippen molar-refractivity contribution in [1.29, 1.82) is 0 Å². The molecule has 1 fully saturated rings. The van der Waals surface area contributed by atoms with E-state index in [-0.39, 0.29) is 17.2 Å². The van der Waals surface area contributed by atoms with Crippen molar-refractivity contribution in [2.75, 3.05) is 18.8 Å². The quantitative estimate of drug-likeness (QED) is 0.706. The van der Waals surface area contributed by atoms with Gasteiger partial charge in [-0.15, -0.1) is 11.8 Å². The number of unbranched alkanes of at least 4 members (excludes halogenated alkanes) is 1. The Hall–Kier alpha value is -0.910. The Kier molecular flexibility index (Phi) is 7.80. The molecule has 3 N–H and O–H groups in total. The first-order chi connectivity index (χ1) is 9.56. The summed E-state index contributed by atoms with van der Waals surface area (Å²) in [5, 5.41) is 2.63. The molecule has 3 amide bonds. The molecule has 0 aliphatic carbocycles. The average molecular weight is 301 g/mol. The fourth-order valence-electron chi connectivity index (χ4n) is 2.43. The molecule has 0 bridgehead atoms. The topological polar surface area (TPSA) is 75.4 Å². The molecule has 1 aliphatic rings. The maximum Gasteiger partial charge on any atom is 0.312 e. The average Bonchev–Trinajstić information content (AvgIpc) is 2.44. The SMILES string of the molecule is CCCCSC(C)C(=O)N1CCCCC1CNC(N)=O. The third kappa shape index (κ3) is 5.61. The van der Waals surface area contributed by atoms with Crippen LogP contribution in [0.2, 0.25) is 0 Å². The monoisotopic (exact) mass is 301 g/mol. The van der Waals surface area contributed by atoms with E-state index < -0.39 is 6.03 Å². The molecule has 1 rings (SSSR count). The molecule has 2 unspecified atom stereocenters. The van der Waals surface area contributed by atoms with E-state index in [1.165, 1.54) is 0 Å². The van der Waals surface area contributed by atoms with E-state index in [9.17, 15) is 9.59 Å². The highest BCUT2D eigenvalue weighted by atomic mass is 32.2. The standard InChI is InChI=1S/C14H27N3O2S/c1-3-4-9-20-11(2)13(18)17-8-6-5-7-12(17)10-16-14(15)19/h11-12H,3-10H2,1-2H3,(H3,15,16,19). The number of urea groups is 1. The zero-order chi connectivity index (χ0) is 15.0. The predicted octanol–water partition coefficient (Wildman–Crippen LogP) is 1.96. The highest BCUT2D eigenvalue weighted by molar-refractivity contribution is 8.00. The molecule has 116 valence electrons. The number of carbonyl (C=O) groups excluding carboxylic acids is 2. The van der Waals surface area contributed by atoms with Crippen LogP contribution in [0, 0.1) is 0 Å². The van der Waals surface area contributed by atoms with Crippen LogP contribution in [0.1, 0.15) is 46.0 Å². The maximum atomic E-state index is 12.5. The third-order valence-corrected chi connectivity index (χ3v) is 4.86. The number of nitrogens with zero attached hydrogens (tertiary/aromatic N) is 1. The normalized spacial score (nSPS) is 20.5. The predicted molar refractivity (Wildman–Crippen MR) is 83.8 cm³/mol. The van der Waals surface area contributed by atoms with Crippen LogP contribution in [-0.2, 0) is 4.79 Å². The van der Waals surface area contributed by atoms with Gasteiger partial charge in [0.1, 0.15) is 0 Å². The number of thioether (sulfide) groups is 1. The lowest BCUT2D eigenvalue weighted by atomic mass is 10.0. The highest BCUT2D eigenvalue weighted by Crippen LogP contribution is 2.22. The zero-order valence-electron chi connectivity index (χ0n) is 12.6. The largest absolute Gasteiger partial charge is 0.352 e. The van der Waals surface area contributed by atoms with Crippen molar-refractivity contribution in [1.82, 2.24) is 10.2 Å². The minimum Gasteiger partial charge on any atom is -0.352 e. The van der Waals surface area contributed by atoms with E-state index in [1.807, 2.05) is 11.8 Å². The van der Waals surface area contributed by atoms with E-state index in [4.69, 9.17) is 5.73 Å². The van der Waals surface area contributed by atoms with Crippen molar-refractivity contribution < 1.29 is 9.59 Å². The molecule has 0 spiro atoms. The molecule has 1 saturated heterocycles. The van der Waals surface area contributed by atoms with Gasteiger partial charge in [0.2, 0.25) is 5.91 Å². The summed E-state index contributed by atoms with van der Waals surface area (Å²) in [6.45, 7) is 5.40. The first-order valence-electron chi connectivity index (χ1n) is 7.51. The number of likely N-dealkylation sites (tertiary alicyclic amines) is 1. The van der Waals surface area contributed by atoms with E-state index in [0.29, 0.717) is 6.54 Å². The van der Waals surface area contributed by atoms with Crippen LogP contribution >= 0.6 is 11.8 Å². The van der Waals surface area contributed by atoms with Gasteiger partial charge >= 0.3 is 6.03 Å². The van der Waals surface area contributed by atoms with Gasteiger partial charge in [0.25, 0.3) is 0 Å². The Labute approximate surface area is 126 Å². The Morgan fingerprint density at radius 2 is 2.20 bits per heavy atom. The van der Waals surface area contributed by atoms with Crippen molar-refractivity contribution >= 4 is 23.7 Å². The Morgan fingerprint density at radius 3 is 2.85 bits per heavy atom. The Bertz CT molecular complexity index is 326. The van der Waals surface area contributed by atoms with Crippen molar-refractivity contribution in [2.24, 2.45) is 5.73 Å². The highest BCUT2D eigenvalue weighted by Gasteiger charge is 2.29. The van der Waals surface area contributed by atoms with E-state index >= 15 is 0 Å². The number of primary amides is 1. The number of hydrogen-bond acceptors (Lipinski definition) is 3. The second kappa shape index (κ2) is 9.10. The fourth-order valence-corrected chi connectivity index (χ4v) is 3.52. The van der Waals surface area contributed by atoms with E-state index in [2.05, 4.69) is 12.2 Å². The second-order valence-electron chi connectivity index (χ2n) is 5.29. The maximum absolute atomic E-state index is 12.5. The number of rotatable bonds is 7. The van der Waals surface area contributed by atoms with Crippen LogP contribution in [-0.4, -0.2) is 47.0 Å². The summed E-state index contributed by atoms with van der Waals surface area (Å²) in [7, 11) is 0. The van der Waals surface area contributed by atoms with Gasteiger partial charge in [-0.25, -0.2) is 4.79 Å². The molecule has 0 aromatic rings.